The molecule has 0 spiro atoms. The van der Waals surface area contributed by atoms with E-state index in [2.05, 4.69) is 25.3 Å². The Morgan fingerprint density at radius 2 is 1.89 bits per heavy atom. The van der Waals surface area contributed by atoms with Crippen LogP contribution in [0.3, 0.4) is 0 Å². The third kappa shape index (κ3) is 3.12. The van der Waals surface area contributed by atoms with Gasteiger partial charge >= 0.3 is 0 Å². The van der Waals surface area contributed by atoms with Gasteiger partial charge in [0.2, 0.25) is 17.8 Å². The lowest BCUT2D eigenvalue weighted by Gasteiger charge is -2.19. The van der Waals surface area contributed by atoms with Gasteiger partial charge in [0, 0.05) is 47.1 Å². The molecule has 0 aliphatic heterocycles. The van der Waals surface area contributed by atoms with Crippen molar-refractivity contribution in [2.24, 2.45) is 0 Å². The minimum Gasteiger partial charge on any atom is -0.367 e. The maximum absolute atomic E-state index is 4.44. The first-order valence-corrected chi connectivity index (χ1v) is 6.04. The van der Waals surface area contributed by atoms with Gasteiger partial charge in [0.25, 0.3) is 0 Å². The van der Waals surface area contributed by atoms with Crippen LogP contribution in [0.2, 0.25) is 0 Å². The maximum atomic E-state index is 4.44. The van der Waals surface area contributed by atoms with Crippen molar-refractivity contribution in [2.75, 3.05) is 43.3 Å². The fraction of sp³-hybridized carbons (Fsp3) is 0.417. The van der Waals surface area contributed by atoms with Crippen LogP contribution in [0.25, 0.3) is 0 Å². The summed E-state index contributed by atoms with van der Waals surface area (Å²) in [5.74, 6) is 1.84. The minimum absolute atomic E-state index is 0.564. The van der Waals surface area contributed by atoms with Gasteiger partial charge in [0.15, 0.2) is 0 Å². The number of H-pyrrole nitrogens is 1. The minimum atomic E-state index is 0.564. The Morgan fingerprint density at radius 1 is 1.16 bits per heavy atom. The average Bonchev–Trinajstić information content (AvgIpc) is 2.90. The summed E-state index contributed by atoms with van der Waals surface area (Å²) in [6, 6.07) is 2.03. The van der Waals surface area contributed by atoms with Gasteiger partial charge in [-0.2, -0.15) is 15.0 Å². The zero-order valence-corrected chi connectivity index (χ0v) is 11.7. The van der Waals surface area contributed by atoms with Gasteiger partial charge in [-0.15, -0.1) is 0 Å². The molecule has 0 aliphatic rings. The third-order valence-corrected chi connectivity index (χ3v) is 2.66. The molecule has 0 saturated carbocycles. The van der Waals surface area contributed by atoms with Crippen molar-refractivity contribution in [1.82, 2.24) is 19.9 Å². The highest BCUT2D eigenvalue weighted by Gasteiger charge is 2.11. The number of hydrogen-bond acceptors (Lipinski definition) is 6. The van der Waals surface area contributed by atoms with Crippen molar-refractivity contribution in [2.45, 2.75) is 6.54 Å². The van der Waals surface area contributed by atoms with Gasteiger partial charge < -0.3 is 20.1 Å². The predicted molar refractivity (Wildman–Crippen MR) is 76.6 cm³/mol. The molecule has 0 aliphatic carbocycles. The molecule has 0 fully saturated rings. The highest BCUT2D eigenvalue weighted by Crippen LogP contribution is 2.15. The second-order valence-corrected chi connectivity index (χ2v) is 4.48. The van der Waals surface area contributed by atoms with Crippen molar-refractivity contribution in [3.05, 3.63) is 24.0 Å². The number of anilines is 3. The van der Waals surface area contributed by atoms with Crippen LogP contribution in [0.1, 0.15) is 5.56 Å². The van der Waals surface area contributed by atoms with E-state index in [4.69, 9.17) is 0 Å². The van der Waals surface area contributed by atoms with E-state index in [1.807, 2.05) is 49.4 Å². The fourth-order valence-corrected chi connectivity index (χ4v) is 1.64. The van der Waals surface area contributed by atoms with Crippen molar-refractivity contribution in [1.29, 1.82) is 0 Å². The summed E-state index contributed by atoms with van der Waals surface area (Å²) in [7, 11) is 7.57. The van der Waals surface area contributed by atoms with Crippen molar-refractivity contribution < 1.29 is 0 Å². The van der Waals surface area contributed by atoms with Crippen LogP contribution >= 0.6 is 0 Å². The molecule has 0 unspecified atom stereocenters. The van der Waals surface area contributed by atoms with E-state index in [0.717, 1.165) is 6.54 Å². The largest absolute Gasteiger partial charge is 0.367 e. The van der Waals surface area contributed by atoms with Crippen LogP contribution in [0.5, 0.6) is 0 Å². The van der Waals surface area contributed by atoms with E-state index >= 15 is 0 Å². The Labute approximate surface area is 112 Å². The predicted octanol–water partition coefficient (Wildman–Crippen LogP) is 0.944. The number of hydrogen-bond donors (Lipinski definition) is 2. The Morgan fingerprint density at radius 3 is 2.47 bits per heavy atom. The molecule has 2 heterocycles. The first-order chi connectivity index (χ1) is 9.10. The summed E-state index contributed by atoms with van der Waals surface area (Å²) >= 11 is 0. The molecule has 0 radical (unpaired) electrons. The SMILES string of the molecule is CNc1nc(N(C)C)nc(N(C)Cc2cc[nH]c2)n1. The summed E-state index contributed by atoms with van der Waals surface area (Å²) in [5, 5.41) is 2.95. The molecule has 0 atom stereocenters. The molecule has 2 rings (SSSR count). The molecule has 19 heavy (non-hydrogen) atoms. The zero-order chi connectivity index (χ0) is 13.8. The van der Waals surface area contributed by atoms with E-state index in [1.165, 1.54) is 5.56 Å². The lowest BCUT2D eigenvalue weighted by Crippen LogP contribution is -2.22. The number of aromatic amines is 1. The lowest BCUT2D eigenvalue weighted by molar-refractivity contribution is 0.845. The second kappa shape index (κ2) is 5.55. The quantitative estimate of drug-likeness (QED) is 0.834. The summed E-state index contributed by atoms with van der Waals surface area (Å²) in [6.07, 6.45) is 3.87. The normalized spacial score (nSPS) is 10.3. The highest BCUT2D eigenvalue weighted by molar-refractivity contribution is 5.44. The molecule has 102 valence electrons. The zero-order valence-electron chi connectivity index (χ0n) is 11.7. The first-order valence-electron chi connectivity index (χ1n) is 6.04. The third-order valence-electron chi connectivity index (χ3n) is 2.66. The highest BCUT2D eigenvalue weighted by atomic mass is 15.3. The van der Waals surface area contributed by atoms with Gasteiger partial charge in [0.1, 0.15) is 0 Å². The monoisotopic (exact) mass is 261 g/mol. The van der Waals surface area contributed by atoms with Crippen LogP contribution in [0.4, 0.5) is 17.8 Å². The Bertz CT molecular complexity index is 521. The van der Waals surface area contributed by atoms with Crippen LogP contribution in [-0.2, 0) is 6.54 Å². The van der Waals surface area contributed by atoms with E-state index in [0.29, 0.717) is 17.8 Å². The summed E-state index contributed by atoms with van der Waals surface area (Å²) < 4.78 is 0. The van der Waals surface area contributed by atoms with Crippen molar-refractivity contribution in [3.63, 3.8) is 0 Å². The number of rotatable bonds is 5. The van der Waals surface area contributed by atoms with E-state index in [9.17, 15) is 0 Å². The van der Waals surface area contributed by atoms with Crippen LogP contribution < -0.4 is 15.1 Å². The molecule has 7 nitrogen and oxygen atoms in total. The smallest absolute Gasteiger partial charge is 0.232 e. The number of aromatic nitrogens is 4. The average molecular weight is 261 g/mol. The molecule has 0 bridgehead atoms. The lowest BCUT2D eigenvalue weighted by atomic mass is 10.3. The van der Waals surface area contributed by atoms with Gasteiger partial charge in [-0.25, -0.2) is 0 Å². The first kappa shape index (κ1) is 13.1. The van der Waals surface area contributed by atoms with E-state index in [-0.39, 0.29) is 0 Å². The Hall–Kier alpha value is -2.31. The molecule has 7 heteroatoms. The molecule has 0 aromatic carbocycles. The molecular weight excluding hydrogens is 242 g/mol. The van der Waals surface area contributed by atoms with Crippen molar-refractivity contribution >= 4 is 17.8 Å². The summed E-state index contributed by atoms with van der Waals surface area (Å²) in [4.78, 5) is 20.0. The molecular formula is C12H19N7. The molecule has 0 amide bonds. The second-order valence-electron chi connectivity index (χ2n) is 4.48. The van der Waals surface area contributed by atoms with Crippen LogP contribution in [-0.4, -0.2) is 48.1 Å². The molecule has 2 N–H and O–H groups in total. The molecule has 2 aromatic rings. The number of nitrogens with one attached hydrogen (secondary N) is 2. The van der Waals surface area contributed by atoms with Crippen LogP contribution in [0, 0.1) is 0 Å². The fourth-order valence-electron chi connectivity index (χ4n) is 1.64. The standard InChI is InChI=1S/C12H19N7/c1-13-10-15-11(18(2)3)17-12(16-10)19(4)8-9-5-6-14-7-9/h5-7,14H,8H2,1-4H3,(H,13,15,16,17). The van der Waals surface area contributed by atoms with Crippen molar-refractivity contribution in [3.8, 4) is 0 Å². The Balaban J connectivity index is 2.24. The summed E-state index contributed by atoms with van der Waals surface area (Å²) in [5.41, 5.74) is 1.18. The summed E-state index contributed by atoms with van der Waals surface area (Å²) in [6.45, 7) is 0.740. The topological polar surface area (TPSA) is 73.0 Å². The molecule has 2 aromatic heterocycles. The van der Waals surface area contributed by atoms with Gasteiger partial charge in [-0.3, -0.25) is 0 Å². The van der Waals surface area contributed by atoms with Gasteiger partial charge in [0.05, 0.1) is 0 Å². The van der Waals surface area contributed by atoms with E-state index in [1.54, 1.807) is 7.05 Å². The Kier molecular flexibility index (Phi) is 3.84. The van der Waals surface area contributed by atoms with E-state index < -0.39 is 0 Å². The van der Waals surface area contributed by atoms with Gasteiger partial charge in [-0.05, 0) is 11.6 Å². The van der Waals surface area contributed by atoms with Crippen LogP contribution in [0.15, 0.2) is 18.5 Å². The number of nitrogens with zero attached hydrogens (tertiary/aromatic N) is 5. The van der Waals surface area contributed by atoms with Gasteiger partial charge in [-0.1, -0.05) is 0 Å². The molecule has 0 saturated heterocycles. The maximum Gasteiger partial charge on any atom is 0.232 e.